The molecule has 0 spiro atoms. The Hall–Kier alpha value is -1.69. The summed E-state index contributed by atoms with van der Waals surface area (Å²) < 4.78 is 0. The number of aryl methyl sites for hydroxylation is 1. The van der Waals surface area contributed by atoms with Gasteiger partial charge in [0.25, 0.3) is 5.91 Å². The lowest BCUT2D eigenvalue weighted by molar-refractivity contribution is -0.0259. The highest BCUT2D eigenvalue weighted by atomic mass is 16.1. The fourth-order valence-corrected chi connectivity index (χ4v) is 6.65. The van der Waals surface area contributed by atoms with E-state index < -0.39 is 0 Å². The maximum absolute atomic E-state index is 12.3. The van der Waals surface area contributed by atoms with Crippen LogP contribution in [0.1, 0.15) is 60.4 Å². The van der Waals surface area contributed by atoms with Crippen LogP contribution < -0.4 is 10.2 Å². The van der Waals surface area contributed by atoms with E-state index in [1.54, 1.807) is 0 Å². The van der Waals surface area contributed by atoms with Crippen LogP contribution in [0.25, 0.3) is 0 Å². The minimum atomic E-state index is -0.0315. The third-order valence-electron chi connectivity index (χ3n) is 7.87. The summed E-state index contributed by atoms with van der Waals surface area (Å²) >= 11 is 0. The molecule has 0 radical (unpaired) electrons. The average molecular weight is 382 g/mol. The minimum Gasteiger partial charge on any atom is -0.356 e. The molecule has 4 fully saturated rings. The van der Waals surface area contributed by atoms with Crippen molar-refractivity contribution in [3.63, 3.8) is 0 Å². The molecular formula is C22H31N5O. The van der Waals surface area contributed by atoms with Crippen molar-refractivity contribution in [3.8, 4) is 0 Å². The van der Waals surface area contributed by atoms with Gasteiger partial charge in [0.15, 0.2) is 0 Å². The minimum absolute atomic E-state index is 0.0315. The van der Waals surface area contributed by atoms with E-state index in [0.29, 0.717) is 12.2 Å². The van der Waals surface area contributed by atoms with Crippen molar-refractivity contribution in [2.45, 2.75) is 64.0 Å². The van der Waals surface area contributed by atoms with Gasteiger partial charge in [-0.1, -0.05) is 6.42 Å². The molecule has 6 nitrogen and oxygen atoms in total. The average Bonchev–Trinajstić information content (AvgIpc) is 3.53. The normalized spacial score (nSPS) is 35.2. The van der Waals surface area contributed by atoms with Gasteiger partial charge in [-0.05, 0) is 63.2 Å². The van der Waals surface area contributed by atoms with Crippen molar-refractivity contribution >= 4 is 11.7 Å². The third-order valence-corrected chi connectivity index (χ3v) is 7.87. The first-order valence-electron chi connectivity index (χ1n) is 11.3. The topological polar surface area (TPSA) is 61.4 Å². The summed E-state index contributed by atoms with van der Waals surface area (Å²) in [4.78, 5) is 27.1. The quantitative estimate of drug-likeness (QED) is 0.851. The summed E-state index contributed by atoms with van der Waals surface area (Å²) in [5.41, 5.74) is 1.68. The van der Waals surface area contributed by atoms with Crippen LogP contribution in [0.15, 0.2) is 0 Å². The Bertz CT molecular complexity index is 806. The molecule has 0 aromatic carbocycles. The van der Waals surface area contributed by atoms with E-state index in [2.05, 4.69) is 20.1 Å². The number of piperidine rings is 3. The van der Waals surface area contributed by atoms with Crippen LogP contribution >= 0.6 is 0 Å². The van der Waals surface area contributed by atoms with Gasteiger partial charge < -0.3 is 10.2 Å². The lowest BCUT2D eigenvalue weighted by Gasteiger charge is -2.55. The Morgan fingerprint density at radius 2 is 1.82 bits per heavy atom. The second-order valence-corrected chi connectivity index (χ2v) is 9.79. The molecule has 1 amide bonds. The van der Waals surface area contributed by atoms with Crippen LogP contribution in [-0.2, 0) is 6.42 Å². The maximum Gasteiger partial charge on any atom is 0.270 e. The van der Waals surface area contributed by atoms with Gasteiger partial charge in [0.05, 0.1) is 0 Å². The smallest absolute Gasteiger partial charge is 0.270 e. The SMILES string of the molecule is Cc1nc2c(c(N3C[C@@H]4C[C@H](C3)[C@@H]3CCC[C@H](C5CC5)N3C4)n1)CCNC2=O. The van der Waals surface area contributed by atoms with Gasteiger partial charge in [0.2, 0.25) is 0 Å². The molecule has 5 heterocycles. The molecule has 1 aliphatic carbocycles. The largest absolute Gasteiger partial charge is 0.356 e. The third kappa shape index (κ3) is 2.75. The molecule has 5 aliphatic rings. The van der Waals surface area contributed by atoms with Crippen LogP contribution in [0, 0.1) is 24.7 Å². The van der Waals surface area contributed by atoms with E-state index in [1.807, 2.05) is 6.92 Å². The molecule has 2 bridgehead atoms. The summed E-state index contributed by atoms with van der Waals surface area (Å²) in [5, 5.41) is 2.94. The fraction of sp³-hybridized carbons (Fsp3) is 0.773. The maximum atomic E-state index is 12.3. The highest BCUT2D eigenvalue weighted by Crippen LogP contribution is 2.47. The van der Waals surface area contributed by atoms with Crippen molar-refractivity contribution in [1.29, 1.82) is 0 Å². The zero-order valence-electron chi connectivity index (χ0n) is 16.9. The van der Waals surface area contributed by atoms with Crippen molar-refractivity contribution in [1.82, 2.24) is 20.2 Å². The summed E-state index contributed by atoms with van der Waals surface area (Å²) in [6.07, 6.45) is 9.36. The van der Waals surface area contributed by atoms with E-state index in [-0.39, 0.29) is 5.91 Å². The Labute approximate surface area is 167 Å². The first-order chi connectivity index (χ1) is 13.7. The van der Waals surface area contributed by atoms with E-state index in [1.165, 1.54) is 45.1 Å². The van der Waals surface area contributed by atoms with Crippen LogP contribution in [0.4, 0.5) is 5.82 Å². The van der Waals surface area contributed by atoms with E-state index >= 15 is 0 Å². The number of amides is 1. The van der Waals surface area contributed by atoms with Gasteiger partial charge in [-0.25, -0.2) is 9.97 Å². The number of aromatic nitrogens is 2. The molecule has 1 saturated carbocycles. The highest BCUT2D eigenvalue weighted by Gasteiger charge is 2.48. The Balaban J connectivity index is 1.30. The van der Waals surface area contributed by atoms with Crippen molar-refractivity contribution in [3.05, 3.63) is 17.1 Å². The number of carbonyl (C=O) groups is 1. The molecule has 1 N–H and O–H groups in total. The van der Waals surface area contributed by atoms with Gasteiger partial charge >= 0.3 is 0 Å². The van der Waals surface area contributed by atoms with Crippen molar-refractivity contribution in [2.75, 3.05) is 31.1 Å². The summed E-state index contributed by atoms with van der Waals surface area (Å²) in [6.45, 7) is 6.07. The number of nitrogens with zero attached hydrogens (tertiary/aromatic N) is 4. The highest BCUT2D eigenvalue weighted by molar-refractivity contribution is 5.96. The van der Waals surface area contributed by atoms with Gasteiger partial charge in [0, 0.05) is 43.8 Å². The van der Waals surface area contributed by atoms with E-state index in [9.17, 15) is 4.79 Å². The molecule has 6 heteroatoms. The predicted octanol–water partition coefficient (Wildman–Crippen LogP) is 2.16. The Morgan fingerprint density at radius 3 is 2.64 bits per heavy atom. The second kappa shape index (κ2) is 6.41. The Morgan fingerprint density at radius 1 is 1.00 bits per heavy atom. The van der Waals surface area contributed by atoms with Crippen LogP contribution in [0.3, 0.4) is 0 Å². The number of rotatable bonds is 2. The molecule has 150 valence electrons. The van der Waals surface area contributed by atoms with Crippen molar-refractivity contribution < 1.29 is 4.79 Å². The number of hydrogen-bond donors (Lipinski definition) is 1. The van der Waals surface area contributed by atoms with Crippen LogP contribution in [0.2, 0.25) is 0 Å². The number of fused-ring (bicyclic) bond motifs is 5. The molecule has 28 heavy (non-hydrogen) atoms. The lowest BCUT2D eigenvalue weighted by atomic mass is 9.74. The van der Waals surface area contributed by atoms with E-state index in [0.717, 1.165) is 66.6 Å². The molecule has 6 rings (SSSR count). The van der Waals surface area contributed by atoms with Gasteiger partial charge in [-0.15, -0.1) is 0 Å². The standard InChI is InChI=1S/C22H31N5O/c1-13-24-20-17(7-8-23-22(20)28)21(25-13)26-10-14-9-16(12-26)19-4-2-3-18(15-5-6-15)27(19)11-14/h14-16,18-19H,2-12H2,1H3,(H,23,28)/t14-,16+,18+,19-/m0/s1. The molecule has 1 aromatic heterocycles. The first kappa shape index (κ1) is 17.2. The molecule has 1 aromatic rings. The molecule has 4 aliphatic heterocycles. The molecule has 0 unspecified atom stereocenters. The van der Waals surface area contributed by atoms with Gasteiger partial charge in [-0.2, -0.15) is 0 Å². The van der Waals surface area contributed by atoms with Gasteiger partial charge in [-0.3, -0.25) is 9.69 Å². The predicted molar refractivity (Wildman–Crippen MR) is 107 cm³/mol. The first-order valence-corrected chi connectivity index (χ1v) is 11.3. The van der Waals surface area contributed by atoms with Crippen molar-refractivity contribution in [2.24, 2.45) is 17.8 Å². The lowest BCUT2D eigenvalue weighted by Crippen LogP contribution is -2.62. The fourth-order valence-electron chi connectivity index (χ4n) is 6.65. The zero-order valence-corrected chi connectivity index (χ0v) is 16.9. The Kier molecular flexibility index (Phi) is 3.94. The summed E-state index contributed by atoms with van der Waals surface area (Å²) in [6, 6.07) is 1.63. The summed E-state index contributed by atoms with van der Waals surface area (Å²) in [7, 11) is 0. The van der Waals surface area contributed by atoms with Crippen LogP contribution in [-0.4, -0.2) is 59.0 Å². The number of nitrogens with one attached hydrogen (secondary N) is 1. The molecular weight excluding hydrogens is 350 g/mol. The van der Waals surface area contributed by atoms with Crippen LogP contribution in [0.5, 0.6) is 0 Å². The molecule has 3 saturated heterocycles. The number of carbonyl (C=O) groups excluding carboxylic acids is 1. The second-order valence-electron chi connectivity index (χ2n) is 9.79. The number of anilines is 1. The summed E-state index contributed by atoms with van der Waals surface area (Å²) in [5.74, 6) is 4.21. The van der Waals surface area contributed by atoms with Gasteiger partial charge in [0.1, 0.15) is 17.3 Å². The monoisotopic (exact) mass is 381 g/mol. The zero-order chi connectivity index (χ0) is 18.8. The molecule has 4 atom stereocenters. The van der Waals surface area contributed by atoms with E-state index in [4.69, 9.17) is 4.98 Å². The number of hydrogen-bond acceptors (Lipinski definition) is 5.